The molecule has 0 fully saturated rings. The first-order valence-corrected chi connectivity index (χ1v) is 17.4. The van der Waals surface area contributed by atoms with Crippen molar-refractivity contribution in [1.29, 1.82) is 0 Å². The van der Waals surface area contributed by atoms with Gasteiger partial charge in [0.05, 0.1) is 12.4 Å². The molecule has 0 aliphatic heterocycles. The summed E-state index contributed by atoms with van der Waals surface area (Å²) in [6.07, 6.45) is 9.54. The Morgan fingerprint density at radius 2 is 0.771 bits per heavy atom. The predicted octanol–water partition coefficient (Wildman–Crippen LogP) is 9.01. The van der Waals surface area contributed by atoms with Crippen LogP contribution in [0.4, 0.5) is 0 Å². The molecule has 2 aromatic rings. The molecular formula is C40H62N4O4. The summed E-state index contributed by atoms with van der Waals surface area (Å²) in [6.45, 7) is 24.8. The molecule has 0 saturated heterocycles. The van der Waals surface area contributed by atoms with Gasteiger partial charge in [0.15, 0.2) is 0 Å². The van der Waals surface area contributed by atoms with Crippen molar-refractivity contribution in [2.45, 2.75) is 156 Å². The van der Waals surface area contributed by atoms with Gasteiger partial charge in [0.25, 0.3) is 0 Å². The van der Waals surface area contributed by atoms with Crippen molar-refractivity contribution in [2.24, 2.45) is 10.2 Å². The SMILES string of the molecule is CC(C)(C)c1cc(C=NNC(=O)CCCCCCCCC(=O)NN=Cc2cc(C(C)(C)C)c(O)c(C(C)(C)C)c2)cc(C(C)(C)C)c1O. The number of rotatable bonds is 13. The van der Waals surface area contributed by atoms with Gasteiger partial charge in [-0.05, 0) is 69.9 Å². The predicted molar refractivity (Wildman–Crippen MR) is 199 cm³/mol. The fourth-order valence-electron chi connectivity index (χ4n) is 5.50. The number of hydrogen-bond acceptors (Lipinski definition) is 6. The van der Waals surface area contributed by atoms with Crippen molar-refractivity contribution in [3.8, 4) is 11.5 Å². The molecule has 0 aromatic heterocycles. The van der Waals surface area contributed by atoms with E-state index in [1.54, 1.807) is 12.4 Å². The van der Waals surface area contributed by atoms with Crippen LogP contribution in [0.5, 0.6) is 11.5 Å². The molecule has 0 radical (unpaired) electrons. The highest BCUT2D eigenvalue weighted by Gasteiger charge is 2.27. The highest BCUT2D eigenvalue weighted by molar-refractivity contribution is 5.84. The van der Waals surface area contributed by atoms with E-state index in [1.807, 2.05) is 24.3 Å². The smallest absolute Gasteiger partial charge is 0.240 e. The molecule has 0 aliphatic carbocycles. The van der Waals surface area contributed by atoms with E-state index in [0.717, 1.165) is 71.9 Å². The number of aromatic hydroxyl groups is 2. The molecule has 4 N–H and O–H groups in total. The van der Waals surface area contributed by atoms with E-state index >= 15 is 0 Å². The van der Waals surface area contributed by atoms with Crippen LogP contribution in [0.25, 0.3) is 0 Å². The normalized spacial score (nSPS) is 13.0. The highest BCUT2D eigenvalue weighted by atomic mass is 16.3. The molecule has 0 aliphatic rings. The fourth-order valence-corrected chi connectivity index (χ4v) is 5.50. The molecule has 8 nitrogen and oxygen atoms in total. The number of carbonyl (C=O) groups excluding carboxylic acids is 2. The third-order valence-corrected chi connectivity index (χ3v) is 8.36. The number of phenols is 2. The number of nitrogens with zero attached hydrogens (tertiary/aromatic N) is 2. The lowest BCUT2D eigenvalue weighted by molar-refractivity contribution is -0.122. The van der Waals surface area contributed by atoms with Crippen molar-refractivity contribution >= 4 is 24.2 Å². The average Bonchev–Trinajstić information content (AvgIpc) is 2.93. The summed E-state index contributed by atoms with van der Waals surface area (Å²) in [6, 6.07) is 7.72. The zero-order valence-corrected chi connectivity index (χ0v) is 31.7. The molecule has 2 amide bonds. The number of hydrogen-bond donors (Lipinski definition) is 4. The molecule has 0 unspecified atom stereocenters. The first-order valence-electron chi connectivity index (χ1n) is 17.4. The van der Waals surface area contributed by atoms with E-state index in [2.05, 4.69) is 104 Å². The van der Waals surface area contributed by atoms with Crippen LogP contribution in [0.2, 0.25) is 0 Å². The summed E-state index contributed by atoms with van der Waals surface area (Å²) in [5, 5.41) is 30.1. The Hall–Kier alpha value is -3.68. The third kappa shape index (κ3) is 12.7. The Morgan fingerprint density at radius 1 is 0.521 bits per heavy atom. The Balaban J connectivity index is 1.72. The maximum atomic E-state index is 12.3. The standard InChI is InChI=1S/C40H62N4O4/c1-37(2,3)29-21-27(22-30(35(29)47)38(4,5)6)25-41-43-33(45)19-17-15-13-14-16-18-20-34(46)44-42-26-28-23-31(39(7,8)9)36(48)32(24-28)40(10,11)12/h21-26,47-48H,13-20H2,1-12H3,(H,43,45)(H,44,46). The molecule has 2 rings (SSSR count). The number of phenolic OH excluding ortho intramolecular Hbond substituents is 2. The van der Waals surface area contributed by atoms with Crippen molar-refractivity contribution in [2.75, 3.05) is 0 Å². The summed E-state index contributed by atoms with van der Waals surface area (Å²) in [5.74, 6) is 0.400. The topological polar surface area (TPSA) is 123 Å². The molecular weight excluding hydrogens is 600 g/mol. The number of benzene rings is 2. The summed E-state index contributed by atoms with van der Waals surface area (Å²) in [7, 11) is 0. The van der Waals surface area contributed by atoms with Crippen molar-refractivity contribution < 1.29 is 19.8 Å². The van der Waals surface area contributed by atoms with E-state index in [1.165, 1.54) is 0 Å². The maximum Gasteiger partial charge on any atom is 0.240 e. The Bertz CT molecular complexity index is 1280. The van der Waals surface area contributed by atoms with Gasteiger partial charge in [-0.2, -0.15) is 10.2 Å². The van der Waals surface area contributed by atoms with Crippen molar-refractivity contribution in [3.05, 3.63) is 57.6 Å². The first kappa shape index (κ1) is 40.5. The number of carbonyl (C=O) groups is 2. The van der Waals surface area contributed by atoms with Gasteiger partial charge in [0.1, 0.15) is 11.5 Å². The lowest BCUT2D eigenvalue weighted by atomic mass is 9.78. The minimum absolute atomic E-state index is 0.120. The van der Waals surface area contributed by atoms with Gasteiger partial charge >= 0.3 is 0 Å². The van der Waals surface area contributed by atoms with Crippen LogP contribution in [0, 0.1) is 0 Å². The molecule has 0 heterocycles. The quantitative estimate of drug-likeness (QED) is 0.0971. The van der Waals surface area contributed by atoms with Crippen LogP contribution in [-0.2, 0) is 31.2 Å². The zero-order chi connectivity index (χ0) is 36.5. The lowest BCUT2D eigenvalue weighted by Gasteiger charge is -2.27. The van der Waals surface area contributed by atoms with Gasteiger partial charge in [-0.25, -0.2) is 10.9 Å². The molecule has 266 valence electrons. The van der Waals surface area contributed by atoms with Gasteiger partial charge in [-0.1, -0.05) is 109 Å². The molecule has 8 heteroatoms. The average molecular weight is 663 g/mol. The Kier molecular flexibility index (Phi) is 14.0. The Morgan fingerprint density at radius 3 is 1.02 bits per heavy atom. The molecule has 0 bridgehead atoms. The van der Waals surface area contributed by atoms with Gasteiger partial charge in [-0.15, -0.1) is 0 Å². The minimum atomic E-state index is -0.235. The van der Waals surface area contributed by atoms with E-state index in [0.29, 0.717) is 24.3 Å². The van der Waals surface area contributed by atoms with Gasteiger partial charge in [0.2, 0.25) is 11.8 Å². The number of nitrogens with one attached hydrogen (secondary N) is 2. The van der Waals surface area contributed by atoms with E-state index < -0.39 is 0 Å². The van der Waals surface area contributed by atoms with E-state index in [-0.39, 0.29) is 33.5 Å². The first-order chi connectivity index (χ1) is 22.0. The van der Waals surface area contributed by atoms with Gasteiger partial charge in [-0.3, -0.25) is 9.59 Å². The number of amides is 2. The fraction of sp³-hybridized carbons (Fsp3) is 0.600. The van der Waals surface area contributed by atoms with Crippen LogP contribution in [-0.4, -0.2) is 34.5 Å². The second kappa shape index (κ2) is 16.6. The van der Waals surface area contributed by atoms with Crippen LogP contribution in [0.1, 0.15) is 168 Å². The van der Waals surface area contributed by atoms with Gasteiger partial charge < -0.3 is 10.2 Å². The molecule has 48 heavy (non-hydrogen) atoms. The van der Waals surface area contributed by atoms with Crippen LogP contribution < -0.4 is 10.9 Å². The largest absolute Gasteiger partial charge is 0.507 e. The van der Waals surface area contributed by atoms with E-state index in [4.69, 9.17) is 0 Å². The summed E-state index contributed by atoms with van der Waals surface area (Å²) >= 11 is 0. The maximum absolute atomic E-state index is 12.3. The Labute approximate surface area is 289 Å². The van der Waals surface area contributed by atoms with Crippen LogP contribution >= 0.6 is 0 Å². The van der Waals surface area contributed by atoms with Crippen LogP contribution in [0.3, 0.4) is 0 Å². The highest BCUT2D eigenvalue weighted by Crippen LogP contribution is 2.40. The molecule has 0 spiro atoms. The molecule has 2 aromatic carbocycles. The summed E-state index contributed by atoms with van der Waals surface area (Å²) in [5.41, 5.74) is 9.42. The molecule has 0 atom stereocenters. The lowest BCUT2D eigenvalue weighted by Crippen LogP contribution is -2.19. The van der Waals surface area contributed by atoms with Crippen LogP contribution in [0.15, 0.2) is 34.5 Å². The minimum Gasteiger partial charge on any atom is -0.507 e. The summed E-state index contributed by atoms with van der Waals surface area (Å²) in [4.78, 5) is 24.7. The monoisotopic (exact) mass is 662 g/mol. The van der Waals surface area contributed by atoms with Crippen molar-refractivity contribution in [3.63, 3.8) is 0 Å². The number of unbranched alkanes of at least 4 members (excludes halogenated alkanes) is 5. The third-order valence-electron chi connectivity index (χ3n) is 8.36. The zero-order valence-electron chi connectivity index (χ0n) is 31.7. The number of hydrazone groups is 2. The summed E-state index contributed by atoms with van der Waals surface area (Å²) < 4.78 is 0. The second-order valence-corrected chi connectivity index (χ2v) is 17.1. The van der Waals surface area contributed by atoms with E-state index in [9.17, 15) is 19.8 Å². The van der Waals surface area contributed by atoms with Gasteiger partial charge in [0, 0.05) is 35.1 Å². The van der Waals surface area contributed by atoms with Crippen molar-refractivity contribution in [1.82, 2.24) is 10.9 Å². The second-order valence-electron chi connectivity index (χ2n) is 17.1. The molecule has 0 saturated carbocycles.